The maximum Gasteiger partial charge on any atom is 0.275 e. The van der Waals surface area contributed by atoms with Crippen molar-refractivity contribution < 1.29 is 9.59 Å². The van der Waals surface area contributed by atoms with Crippen molar-refractivity contribution in [3.63, 3.8) is 0 Å². The molecule has 2 amide bonds. The van der Waals surface area contributed by atoms with Crippen LogP contribution in [-0.2, 0) is 0 Å². The molecule has 2 aromatic carbocycles. The number of amides is 2. The maximum absolute atomic E-state index is 12.3. The molecule has 0 radical (unpaired) electrons. The Morgan fingerprint density at radius 3 is 2.50 bits per heavy atom. The molecule has 0 fully saturated rings. The van der Waals surface area contributed by atoms with Crippen molar-refractivity contribution in [3.8, 4) is 10.6 Å². The van der Waals surface area contributed by atoms with Crippen LogP contribution in [-0.4, -0.2) is 16.8 Å². The van der Waals surface area contributed by atoms with Gasteiger partial charge in [-0.25, -0.2) is 4.98 Å². The molecule has 0 spiro atoms. The number of primary amides is 1. The van der Waals surface area contributed by atoms with Crippen LogP contribution in [0.15, 0.2) is 53.9 Å². The van der Waals surface area contributed by atoms with Crippen molar-refractivity contribution in [2.75, 3.05) is 5.32 Å². The van der Waals surface area contributed by atoms with Gasteiger partial charge >= 0.3 is 0 Å². The predicted octanol–water partition coefficient (Wildman–Crippen LogP) is 3.81. The molecule has 0 unspecified atom stereocenters. The number of nitrogens with two attached hydrogens (primary N) is 1. The van der Waals surface area contributed by atoms with Crippen LogP contribution in [0, 0.1) is 0 Å². The van der Waals surface area contributed by atoms with Crippen molar-refractivity contribution in [1.29, 1.82) is 0 Å². The smallest absolute Gasteiger partial charge is 0.275 e. The molecule has 3 rings (SSSR count). The molecule has 24 heavy (non-hydrogen) atoms. The third-order valence-electron chi connectivity index (χ3n) is 3.27. The van der Waals surface area contributed by atoms with Crippen molar-refractivity contribution in [3.05, 3.63) is 70.2 Å². The van der Waals surface area contributed by atoms with Gasteiger partial charge in [0.05, 0.1) is 11.3 Å². The minimum atomic E-state index is -0.606. The van der Waals surface area contributed by atoms with Gasteiger partial charge in [0, 0.05) is 16.0 Å². The summed E-state index contributed by atoms with van der Waals surface area (Å²) in [5, 5.41) is 5.67. The number of carbonyl (C=O) groups excluding carboxylic acids is 2. The van der Waals surface area contributed by atoms with E-state index < -0.39 is 11.8 Å². The summed E-state index contributed by atoms with van der Waals surface area (Å²) in [7, 11) is 0. The summed E-state index contributed by atoms with van der Waals surface area (Å²) in [6.45, 7) is 0. The first-order chi connectivity index (χ1) is 11.5. The summed E-state index contributed by atoms with van der Waals surface area (Å²) in [6, 6.07) is 13.8. The lowest BCUT2D eigenvalue weighted by atomic mass is 10.1. The van der Waals surface area contributed by atoms with Crippen molar-refractivity contribution >= 4 is 40.4 Å². The summed E-state index contributed by atoms with van der Waals surface area (Å²) in [6.07, 6.45) is 0. The molecule has 1 aromatic heterocycles. The number of nitrogens with zero attached hydrogens (tertiary/aromatic N) is 1. The highest BCUT2D eigenvalue weighted by Crippen LogP contribution is 2.25. The molecule has 0 aliphatic carbocycles. The van der Waals surface area contributed by atoms with Crippen molar-refractivity contribution in [1.82, 2.24) is 4.98 Å². The summed E-state index contributed by atoms with van der Waals surface area (Å²) in [4.78, 5) is 28.1. The Balaban J connectivity index is 1.82. The predicted molar refractivity (Wildman–Crippen MR) is 95.5 cm³/mol. The number of hydrogen-bond acceptors (Lipinski definition) is 4. The number of rotatable bonds is 4. The molecule has 0 aliphatic rings. The molecule has 0 bridgehead atoms. The molecule has 0 aliphatic heterocycles. The van der Waals surface area contributed by atoms with Gasteiger partial charge in [-0.3, -0.25) is 9.59 Å². The first-order valence-corrected chi connectivity index (χ1v) is 8.22. The summed E-state index contributed by atoms with van der Waals surface area (Å²) in [5.41, 5.74) is 7.06. The SMILES string of the molecule is NC(=O)c1ccccc1NC(=O)c1csc(-c2ccc(Cl)cc2)n1. The Morgan fingerprint density at radius 1 is 1.08 bits per heavy atom. The van der Waals surface area contributed by atoms with Gasteiger partial charge in [-0.15, -0.1) is 11.3 Å². The van der Waals surface area contributed by atoms with E-state index in [9.17, 15) is 9.59 Å². The zero-order chi connectivity index (χ0) is 17.1. The summed E-state index contributed by atoms with van der Waals surface area (Å²) >= 11 is 7.22. The minimum Gasteiger partial charge on any atom is -0.366 e. The van der Waals surface area contributed by atoms with Gasteiger partial charge in [0.2, 0.25) is 0 Å². The van der Waals surface area contributed by atoms with Crippen LogP contribution in [0.3, 0.4) is 0 Å². The zero-order valence-corrected chi connectivity index (χ0v) is 13.9. The zero-order valence-electron chi connectivity index (χ0n) is 12.3. The lowest BCUT2D eigenvalue weighted by molar-refractivity contribution is 0.100. The van der Waals surface area contributed by atoms with E-state index in [1.165, 1.54) is 11.3 Å². The van der Waals surface area contributed by atoms with Gasteiger partial charge in [0.15, 0.2) is 0 Å². The van der Waals surface area contributed by atoms with Crippen LogP contribution >= 0.6 is 22.9 Å². The third kappa shape index (κ3) is 3.45. The Hall–Kier alpha value is -2.70. The largest absolute Gasteiger partial charge is 0.366 e. The number of aromatic nitrogens is 1. The fourth-order valence-corrected chi connectivity index (χ4v) is 3.03. The number of halogens is 1. The first-order valence-electron chi connectivity index (χ1n) is 6.96. The number of benzene rings is 2. The van der Waals surface area contributed by atoms with Gasteiger partial charge in [-0.05, 0) is 24.3 Å². The second-order valence-corrected chi connectivity index (χ2v) is 6.20. The Morgan fingerprint density at radius 2 is 1.79 bits per heavy atom. The van der Waals surface area contributed by atoms with Crippen molar-refractivity contribution in [2.24, 2.45) is 5.73 Å². The topological polar surface area (TPSA) is 85.1 Å². The third-order valence-corrected chi connectivity index (χ3v) is 4.41. The number of thiazole rings is 1. The number of nitrogens with one attached hydrogen (secondary N) is 1. The van der Waals surface area contributed by atoms with Crippen molar-refractivity contribution in [2.45, 2.75) is 0 Å². The average Bonchev–Trinajstić information content (AvgIpc) is 3.06. The van der Waals surface area contributed by atoms with E-state index in [1.54, 1.807) is 41.8 Å². The van der Waals surface area contributed by atoms with E-state index in [2.05, 4.69) is 10.3 Å². The van der Waals surface area contributed by atoms with Gasteiger partial charge < -0.3 is 11.1 Å². The molecule has 3 aromatic rings. The highest BCUT2D eigenvalue weighted by atomic mass is 35.5. The highest BCUT2D eigenvalue weighted by molar-refractivity contribution is 7.13. The second kappa shape index (κ2) is 6.82. The number of hydrogen-bond donors (Lipinski definition) is 2. The molecular weight excluding hydrogens is 346 g/mol. The Kier molecular flexibility index (Phi) is 4.59. The van der Waals surface area contributed by atoms with E-state index in [-0.39, 0.29) is 11.3 Å². The average molecular weight is 358 g/mol. The number of para-hydroxylation sites is 1. The minimum absolute atomic E-state index is 0.249. The van der Waals surface area contributed by atoms with Crippen LogP contribution in [0.5, 0.6) is 0 Å². The molecule has 120 valence electrons. The monoisotopic (exact) mass is 357 g/mol. The molecule has 0 saturated carbocycles. The second-order valence-electron chi connectivity index (χ2n) is 4.91. The molecule has 7 heteroatoms. The molecule has 0 atom stereocenters. The maximum atomic E-state index is 12.3. The lowest BCUT2D eigenvalue weighted by Crippen LogP contribution is -2.18. The number of anilines is 1. The molecular formula is C17H12ClN3O2S. The Bertz CT molecular complexity index is 906. The summed E-state index contributed by atoms with van der Waals surface area (Å²) < 4.78 is 0. The van der Waals surface area contributed by atoms with Gasteiger partial charge in [0.25, 0.3) is 11.8 Å². The van der Waals surface area contributed by atoms with E-state index in [0.717, 1.165) is 5.56 Å². The van der Waals surface area contributed by atoms with Gasteiger partial charge in [-0.2, -0.15) is 0 Å². The van der Waals surface area contributed by atoms with Crippen LogP contribution in [0.2, 0.25) is 5.02 Å². The van der Waals surface area contributed by atoms with E-state index in [0.29, 0.717) is 15.7 Å². The fourth-order valence-electron chi connectivity index (χ4n) is 2.10. The van der Waals surface area contributed by atoms with E-state index in [4.69, 9.17) is 17.3 Å². The highest BCUT2D eigenvalue weighted by Gasteiger charge is 2.15. The van der Waals surface area contributed by atoms with E-state index in [1.807, 2.05) is 12.1 Å². The van der Waals surface area contributed by atoms with Crippen LogP contribution in [0.25, 0.3) is 10.6 Å². The quantitative estimate of drug-likeness (QED) is 0.744. The van der Waals surface area contributed by atoms with E-state index >= 15 is 0 Å². The molecule has 3 N–H and O–H groups in total. The van der Waals surface area contributed by atoms with Gasteiger partial charge in [-0.1, -0.05) is 35.9 Å². The lowest BCUT2D eigenvalue weighted by Gasteiger charge is -2.07. The molecule has 0 saturated heterocycles. The fraction of sp³-hybridized carbons (Fsp3) is 0. The number of carbonyl (C=O) groups is 2. The molecule has 5 nitrogen and oxygen atoms in total. The standard InChI is InChI=1S/C17H12ClN3O2S/c18-11-7-5-10(6-8-11)17-21-14(9-24-17)16(23)20-13-4-2-1-3-12(13)15(19)22/h1-9H,(H2,19,22)(H,20,23). The van der Waals surface area contributed by atoms with Crippen LogP contribution in [0.4, 0.5) is 5.69 Å². The van der Waals surface area contributed by atoms with Crippen LogP contribution in [0.1, 0.15) is 20.8 Å². The first kappa shape index (κ1) is 16.2. The molecule has 1 heterocycles. The van der Waals surface area contributed by atoms with Gasteiger partial charge in [0.1, 0.15) is 10.7 Å². The van der Waals surface area contributed by atoms with Crippen LogP contribution < -0.4 is 11.1 Å². The normalized spacial score (nSPS) is 10.4. The Labute approximate surface area is 147 Å². The summed E-state index contributed by atoms with van der Waals surface area (Å²) in [5.74, 6) is -1.01.